The number of H-pyrrole nitrogens is 1. The smallest absolute Gasteiger partial charge is 0.198 e. The molecule has 0 spiro atoms. The highest BCUT2D eigenvalue weighted by atomic mass is 16.3. The second-order valence-electron chi connectivity index (χ2n) is 7.77. The van der Waals surface area contributed by atoms with E-state index in [4.69, 9.17) is 0 Å². The second-order valence-corrected chi connectivity index (χ2v) is 7.77. The first-order valence-electron chi connectivity index (χ1n) is 10.5. The van der Waals surface area contributed by atoms with Gasteiger partial charge in [-0.25, -0.2) is 0 Å². The van der Waals surface area contributed by atoms with Gasteiger partial charge in [0.05, 0.1) is 11.3 Å². The normalized spacial score (nSPS) is 17.2. The van der Waals surface area contributed by atoms with Gasteiger partial charge in [0.2, 0.25) is 0 Å². The summed E-state index contributed by atoms with van der Waals surface area (Å²) >= 11 is 0. The predicted molar refractivity (Wildman–Crippen MR) is 122 cm³/mol. The number of anilines is 1. The van der Waals surface area contributed by atoms with Gasteiger partial charge in [-0.1, -0.05) is 32.0 Å². The van der Waals surface area contributed by atoms with Crippen molar-refractivity contribution >= 4 is 28.5 Å². The molecule has 29 heavy (non-hydrogen) atoms. The van der Waals surface area contributed by atoms with E-state index < -0.39 is 0 Å². The SMILES string of the molecule is CCN(CC)C1CCN(c2ccc(N=Cc3c(O)[nH]c4ccccc34)cc2C)C1. The molecule has 2 heterocycles. The Morgan fingerprint density at radius 2 is 2.00 bits per heavy atom. The lowest BCUT2D eigenvalue weighted by Crippen LogP contribution is -2.37. The fourth-order valence-corrected chi connectivity index (χ4v) is 4.49. The molecule has 0 aliphatic carbocycles. The number of benzene rings is 2. The summed E-state index contributed by atoms with van der Waals surface area (Å²) in [7, 11) is 0. The molecule has 0 bridgehead atoms. The summed E-state index contributed by atoms with van der Waals surface area (Å²) in [4.78, 5) is 12.7. The van der Waals surface area contributed by atoms with Crippen molar-refractivity contribution in [2.45, 2.75) is 33.2 Å². The van der Waals surface area contributed by atoms with Crippen LogP contribution in [-0.4, -0.2) is 53.4 Å². The first-order chi connectivity index (χ1) is 14.1. The molecule has 1 atom stereocenters. The molecule has 2 aromatic carbocycles. The van der Waals surface area contributed by atoms with Crippen molar-refractivity contribution in [2.75, 3.05) is 31.1 Å². The van der Waals surface area contributed by atoms with Crippen LogP contribution < -0.4 is 4.90 Å². The number of hydrogen-bond donors (Lipinski definition) is 2. The van der Waals surface area contributed by atoms with E-state index in [0.717, 1.165) is 48.3 Å². The van der Waals surface area contributed by atoms with E-state index >= 15 is 0 Å². The fraction of sp³-hybridized carbons (Fsp3) is 0.375. The summed E-state index contributed by atoms with van der Waals surface area (Å²) in [5.74, 6) is 0.155. The van der Waals surface area contributed by atoms with Crippen LogP contribution in [0, 0.1) is 6.92 Å². The molecule has 3 aromatic rings. The Kier molecular flexibility index (Phi) is 5.58. The van der Waals surface area contributed by atoms with Crippen molar-refractivity contribution < 1.29 is 5.11 Å². The quantitative estimate of drug-likeness (QED) is 0.592. The maximum Gasteiger partial charge on any atom is 0.198 e. The summed E-state index contributed by atoms with van der Waals surface area (Å²) < 4.78 is 0. The minimum Gasteiger partial charge on any atom is -0.494 e. The maximum absolute atomic E-state index is 10.2. The molecule has 1 fully saturated rings. The topological polar surface area (TPSA) is 54.9 Å². The average Bonchev–Trinajstić information content (AvgIpc) is 3.32. The molecule has 1 saturated heterocycles. The van der Waals surface area contributed by atoms with Gasteiger partial charge in [-0.3, -0.25) is 9.89 Å². The Balaban J connectivity index is 1.52. The van der Waals surface area contributed by atoms with Crippen LogP contribution in [0.2, 0.25) is 0 Å². The van der Waals surface area contributed by atoms with E-state index in [2.05, 4.69) is 58.7 Å². The van der Waals surface area contributed by atoms with Crippen LogP contribution >= 0.6 is 0 Å². The van der Waals surface area contributed by atoms with Crippen molar-refractivity contribution in [2.24, 2.45) is 4.99 Å². The van der Waals surface area contributed by atoms with Gasteiger partial charge < -0.3 is 15.0 Å². The number of likely N-dealkylation sites (N-methyl/N-ethyl adjacent to an activating group) is 1. The van der Waals surface area contributed by atoms with Crippen LogP contribution in [-0.2, 0) is 0 Å². The highest BCUT2D eigenvalue weighted by Gasteiger charge is 2.26. The maximum atomic E-state index is 10.2. The van der Waals surface area contributed by atoms with Gasteiger partial charge in [-0.05, 0) is 56.3 Å². The minimum absolute atomic E-state index is 0.155. The molecule has 0 saturated carbocycles. The zero-order valence-corrected chi connectivity index (χ0v) is 17.5. The van der Waals surface area contributed by atoms with Crippen LogP contribution in [0.1, 0.15) is 31.4 Å². The highest BCUT2D eigenvalue weighted by Crippen LogP contribution is 2.30. The number of nitrogens with one attached hydrogen (secondary N) is 1. The third-order valence-electron chi connectivity index (χ3n) is 6.08. The predicted octanol–water partition coefficient (Wildman–Crippen LogP) is 4.85. The molecular weight excluding hydrogens is 360 g/mol. The first kappa shape index (κ1) is 19.5. The average molecular weight is 391 g/mol. The van der Waals surface area contributed by atoms with Crippen molar-refractivity contribution in [1.29, 1.82) is 0 Å². The molecule has 2 N–H and O–H groups in total. The highest BCUT2D eigenvalue weighted by molar-refractivity contribution is 6.02. The standard InChI is InChI=1S/C24H30N4O/c1-4-27(5-2)19-12-13-28(16-19)23-11-10-18(14-17(23)3)25-15-21-20-8-6-7-9-22(20)26-24(21)29/h6-11,14-15,19,26,29H,4-5,12-13,16H2,1-3H3. The molecule has 1 aliphatic heterocycles. The molecule has 1 aromatic heterocycles. The number of nitrogens with zero attached hydrogens (tertiary/aromatic N) is 3. The van der Waals surface area contributed by atoms with E-state index in [1.807, 2.05) is 24.3 Å². The van der Waals surface area contributed by atoms with Crippen LogP contribution in [0.4, 0.5) is 11.4 Å². The number of aliphatic imine (C=N–C) groups is 1. The van der Waals surface area contributed by atoms with Crippen molar-refractivity contribution in [3.05, 3.63) is 53.6 Å². The molecular formula is C24H30N4O. The van der Waals surface area contributed by atoms with Gasteiger partial charge in [-0.2, -0.15) is 0 Å². The largest absolute Gasteiger partial charge is 0.494 e. The van der Waals surface area contributed by atoms with Crippen LogP contribution in [0.3, 0.4) is 0 Å². The van der Waals surface area contributed by atoms with Gasteiger partial charge >= 0.3 is 0 Å². The van der Waals surface area contributed by atoms with Crippen molar-refractivity contribution in [3.8, 4) is 5.88 Å². The molecule has 0 radical (unpaired) electrons. The fourth-order valence-electron chi connectivity index (χ4n) is 4.49. The molecule has 5 heteroatoms. The third kappa shape index (κ3) is 3.87. The van der Waals surface area contributed by atoms with Gasteiger partial charge in [0.25, 0.3) is 0 Å². The van der Waals surface area contributed by atoms with Gasteiger partial charge in [0.15, 0.2) is 5.88 Å². The van der Waals surface area contributed by atoms with E-state index in [1.165, 1.54) is 17.7 Å². The zero-order chi connectivity index (χ0) is 20.4. The first-order valence-corrected chi connectivity index (χ1v) is 10.5. The Morgan fingerprint density at radius 3 is 2.76 bits per heavy atom. The van der Waals surface area contributed by atoms with E-state index in [0.29, 0.717) is 6.04 Å². The van der Waals surface area contributed by atoms with Crippen LogP contribution in [0.15, 0.2) is 47.5 Å². The van der Waals surface area contributed by atoms with Crippen LogP contribution in [0.25, 0.3) is 10.9 Å². The number of para-hydroxylation sites is 1. The summed E-state index contributed by atoms with van der Waals surface area (Å²) in [6.45, 7) is 11.1. The van der Waals surface area contributed by atoms with E-state index in [9.17, 15) is 5.11 Å². The number of aryl methyl sites for hydroxylation is 1. The van der Waals surface area contributed by atoms with E-state index in [-0.39, 0.29) is 5.88 Å². The number of rotatable bonds is 6. The summed E-state index contributed by atoms with van der Waals surface area (Å²) in [5.41, 5.74) is 5.07. The van der Waals surface area contributed by atoms with Gasteiger partial charge in [-0.15, -0.1) is 0 Å². The summed E-state index contributed by atoms with van der Waals surface area (Å²) in [6.07, 6.45) is 2.97. The number of hydrogen-bond acceptors (Lipinski definition) is 4. The molecule has 1 unspecified atom stereocenters. The zero-order valence-electron chi connectivity index (χ0n) is 17.5. The Bertz CT molecular complexity index is 1020. The number of aromatic hydroxyl groups is 1. The Hall–Kier alpha value is -2.79. The van der Waals surface area contributed by atoms with Crippen molar-refractivity contribution in [3.63, 3.8) is 0 Å². The molecule has 5 nitrogen and oxygen atoms in total. The molecule has 0 amide bonds. The number of aromatic nitrogens is 1. The lowest BCUT2D eigenvalue weighted by molar-refractivity contribution is 0.232. The van der Waals surface area contributed by atoms with Crippen LogP contribution in [0.5, 0.6) is 5.88 Å². The van der Waals surface area contributed by atoms with E-state index in [1.54, 1.807) is 6.21 Å². The lowest BCUT2D eigenvalue weighted by Gasteiger charge is -2.27. The third-order valence-corrected chi connectivity index (χ3v) is 6.08. The number of fused-ring (bicyclic) bond motifs is 1. The molecule has 1 aliphatic rings. The lowest BCUT2D eigenvalue weighted by atomic mass is 10.1. The Labute approximate surface area is 172 Å². The summed E-state index contributed by atoms with van der Waals surface area (Å²) in [6, 6.07) is 14.9. The molecule has 152 valence electrons. The van der Waals surface area contributed by atoms with Crippen molar-refractivity contribution in [1.82, 2.24) is 9.88 Å². The Morgan fingerprint density at radius 1 is 1.21 bits per heavy atom. The minimum atomic E-state index is 0.155. The van der Waals surface area contributed by atoms with Gasteiger partial charge in [0, 0.05) is 41.9 Å². The summed E-state index contributed by atoms with van der Waals surface area (Å²) in [5, 5.41) is 11.2. The number of aromatic amines is 1. The second kappa shape index (κ2) is 8.29. The molecule has 4 rings (SSSR count). The van der Waals surface area contributed by atoms with Gasteiger partial charge in [0.1, 0.15) is 0 Å². The monoisotopic (exact) mass is 390 g/mol.